The third kappa shape index (κ3) is 1.69. The maximum absolute atomic E-state index is 5.74. The van der Waals surface area contributed by atoms with Crippen LogP contribution in [-0.4, -0.2) is 12.9 Å². The van der Waals surface area contributed by atoms with Crippen molar-refractivity contribution in [3.8, 4) is 0 Å². The fraction of sp³-hybridized carbons (Fsp3) is 0.500. The van der Waals surface area contributed by atoms with E-state index in [2.05, 4.69) is 31.4 Å². The minimum absolute atomic E-state index is 0.325. The lowest BCUT2D eigenvalue weighted by molar-refractivity contribution is 0.0391. The standard InChI is InChI=1S/C12H16OS/c1-3-11-9-5-4-6-12(14-2)10(9)7-8-13-11/h4-6,11H,3,7-8H2,1-2H3. The molecule has 1 atom stereocenters. The maximum Gasteiger partial charge on any atom is 0.0825 e. The Kier molecular flexibility index (Phi) is 3.14. The Morgan fingerprint density at radius 2 is 2.36 bits per heavy atom. The number of fused-ring (bicyclic) bond motifs is 1. The molecule has 0 N–H and O–H groups in total. The molecule has 14 heavy (non-hydrogen) atoms. The lowest BCUT2D eigenvalue weighted by atomic mass is 9.96. The van der Waals surface area contributed by atoms with Crippen molar-refractivity contribution in [3.05, 3.63) is 29.3 Å². The molecule has 2 rings (SSSR count). The van der Waals surface area contributed by atoms with Gasteiger partial charge in [-0.25, -0.2) is 0 Å². The van der Waals surface area contributed by atoms with E-state index in [0.717, 1.165) is 19.4 Å². The Bertz CT molecular complexity index is 322. The molecule has 0 aliphatic carbocycles. The highest BCUT2D eigenvalue weighted by molar-refractivity contribution is 7.98. The highest BCUT2D eigenvalue weighted by Gasteiger charge is 2.20. The van der Waals surface area contributed by atoms with Crippen molar-refractivity contribution in [1.29, 1.82) is 0 Å². The van der Waals surface area contributed by atoms with Gasteiger partial charge < -0.3 is 4.74 Å². The average Bonchev–Trinajstić information content (AvgIpc) is 2.27. The molecular weight excluding hydrogens is 192 g/mol. The molecule has 1 aliphatic rings. The predicted octanol–water partition coefficient (Wildman–Crippen LogP) is 3.43. The SMILES string of the molecule is CCC1OCCc2c(SC)cccc21. The largest absolute Gasteiger partial charge is 0.373 e. The zero-order valence-corrected chi connectivity index (χ0v) is 9.56. The van der Waals surface area contributed by atoms with Gasteiger partial charge in [-0.05, 0) is 36.3 Å². The second-order valence-corrected chi connectivity index (χ2v) is 4.39. The normalized spacial score (nSPS) is 20.6. The molecule has 1 unspecified atom stereocenters. The first-order valence-electron chi connectivity index (χ1n) is 5.14. The number of ether oxygens (including phenoxy) is 1. The van der Waals surface area contributed by atoms with Gasteiger partial charge in [-0.15, -0.1) is 11.8 Å². The summed E-state index contributed by atoms with van der Waals surface area (Å²) in [5.41, 5.74) is 2.92. The Balaban J connectivity index is 2.43. The first-order chi connectivity index (χ1) is 6.86. The van der Waals surface area contributed by atoms with Crippen LogP contribution in [0.3, 0.4) is 0 Å². The van der Waals surface area contributed by atoms with Gasteiger partial charge in [0.1, 0.15) is 0 Å². The van der Waals surface area contributed by atoms with E-state index in [0.29, 0.717) is 6.10 Å². The fourth-order valence-electron chi connectivity index (χ4n) is 2.07. The van der Waals surface area contributed by atoms with Gasteiger partial charge in [0, 0.05) is 4.90 Å². The minimum Gasteiger partial charge on any atom is -0.373 e. The van der Waals surface area contributed by atoms with Crippen LogP contribution in [-0.2, 0) is 11.2 Å². The van der Waals surface area contributed by atoms with Crippen LogP contribution in [0.25, 0.3) is 0 Å². The lowest BCUT2D eigenvalue weighted by Gasteiger charge is -2.26. The highest BCUT2D eigenvalue weighted by atomic mass is 32.2. The Morgan fingerprint density at radius 3 is 3.07 bits per heavy atom. The fourth-order valence-corrected chi connectivity index (χ4v) is 2.75. The minimum atomic E-state index is 0.325. The summed E-state index contributed by atoms with van der Waals surface area (Å²) in [6.07, 6.45) is 4.62. The van der Waals surface area contributed by atoms with Crippen LogP contribution in [0.4, 0.5) is 0 Å². The van der Waals surface area contributed by atoms with Gasteiger partial charge >= 0.3 is 0 Å². The zero-order chi connectivity index (χ0) is 9.97. The molecule has 2 heteroatoms. The van der Waals surface area contributed by atoms with Crippen LogP contribution in [0, 0.1) is 0 Å². The van der Waals surface area contributed by atoms with E-state index in [9.17, 15) is 0 Å². The molecule has 1 aliphatic heterocycles. The molecule has 1 heterocycles. The summed E-state index contributed by atoms with van der Waals surface area (Å²) in [6.45, 7) is 3.06. The summed E-state index contributed by atoms with van der Waals surface area (Å²) in [6, 6.07) is 6.56. The van der Waals surface area contributed by atoms with Crippen LogP contribution in [0.2, 0.25) is 0 Å². The highest BCUT2D eigenvalue weighted by Crippen LogP contribution is 2.34. The quantitative estimate of drug-likeness (QED) is 0.689. The Morgan fingerprint density at radius 1 is 1.50 bits per heavy atom. The van der Waals surface area contributed by atoms with Crippen molar-refractivity contribution in [3.63, 3.8) is 0 Å². The number of hydrogen-bond donors (Lipinski definition) is 0. The Labute approximate surface area is 89.9 Å². The molecule has 0 aromatic heterocycles. The van der Waals surface area contributed by atoms with Gasteiger partial charge in [-0.3, -0.25) is 0 Å². The van der Waals surface area contributed by atoms with Gasteiger partial charge in [0.15, 0.2) is 0 Å². The topological polar surface area (TPSA) is 9.23 Å². The third-order valence-electron chi connectivity index (χ3n) is 2.78. The number of thioether (sulfide) groups is 1. The summed E-state index contributed by atoms with van der Waals surface area (Å²) < 4.78 is 5.74. The number of rotatable bonds is 2. The lowest BCUT2D eigenvalue weighted by Crippen LogP contribution is -2.16. The summed E-state index contributed by atoms with van der Waals surface area (Å²) >= 11 is 1.84. The molecule has 76 valence electrons. The molecule has 0 amide bonds. The van der Waals surface area contributed by atoms with Crippen molar-refractivity contribution >= 4 is 11.8 Å². The summed E-state index contributed by atoms with van der Waals surface area (Å²) in [7, 11) is 0. The van der Waals surface area contributed by atoms with Crippen molar-refractivity contribution in [2.45, 2.75) is 30.8 Å². The van der Waals surface area contributed by atoms with E-state index in [4.69, 9.17) is 4.74 Å². The van der Waals surface area contributed by atoms with Crippen LogP contribution >= 0.6 is 11.8 Å². The summed E-state index contributed by atoms with van der Waals surface area (Å²) in [5.74, 6) is 0. The molecule has 0 radical (unpaired) electrons. The molecular formula is C12H16OS. The van der Waals surface area contributed by atoms with Gasteiger partial charge in [-0.2, -0.15) is 0 Å². The van der Waals surface area contributed by atoms with Crippen molar-refractivity contribution in [2.24, 2.45) is 0 Å². The summed E-state index contributed by atoms with van der Waals surface area (Å²) in [5, 5.41) is 0. The van der Waals surface area contributed by atoms with Crippen molar-refractivity contribution in [1.82, 2.24) is 0 Å². The van der Waals surface area contributed by atoms with E-state index >= 15 is 0 Å². The second kappa shape index (κ2) is 4.37. The monoisotopic (exact) mass is 208 g/mol. The first-order valence-corrected chi connectivity index (χ1v) is 6.36. The average molecular weight is 208 g/mol. The van der Waals surface area contributed by atoms with E-state index < -0.39 is 0 Å². The molecule has 1 aromatic carbocycles. The first kappa shape index (κ1) is 10.1. The van der Waals surface area contributed by atoms with Crippen LogP contribution in [0.5, 0.6) is 0 Å². The van der Waals surface area contributed by atoms with Crippen LogP contribution < -0.4 is 0 Å². The number of benzene rings is 1. The van der Waals surface area contributed by atoms with Crippen LogP contribution in [0.1, 0.15) is 30.6 Å². The van der Waals surface area contributed by atoms with Crippen LogP contribution in [0.15, 0.2) is 23.1 Å². The van der Waals surface area contributed by atoms with E-state index in [1.54, 1.807) is 0 Å². The molecule has 0 spiro atoms. The third-order valence-corrected chi connectivity index (χ3v) is 3.60. The van der Waals surface area contributed by atoms with E-state index in [1.807, 2.05) is 11.8 Å². The van der Waals surface area contributed by atoms with Gasteiger partial charge in [0.25, 0.3) is 0 Å². The zero-order valence-electron chi connectivity index (χ0n) is 8.75. The maximum atomic E-state index is 5.74. The molecule has 0 saturated carbocycles. The molecule has 0 bridgehead atoms. The predicted molar refractivity (Wildman–Crippen MR) is 60.9 cm³/mol. The van der Waals surface area contributed by atoms with Crippen molar-refractivity contribution in [2.75, 3.05) is 12.9 Å². The smallest absolute Gasteiger partial charge is 0.0825 e. The second-order valence-electron chi connectivity index (χ2n) is 3.55. The van der Waals surface area contributed by atoms with Gasteiger partial charge in [-0.1, -0.05) is 19.1 Å². The number of hydrogen-bond acceptors (Lipinski definition) is 2. The molecule has 1 nitrogen and oxygen atoms in total. The summed E-state index contributed by atoms with van der Waals surface area (Å²) in [4.78, 5) is 1.42. The van der Waals surface area contributed by atoms with Gasteiger partial charge in [0.2, 0.25) is 0 Å². The molecule has 0 fully saturated rings. The van der Waals surface area contributed by atoms with E-state index in [-0.39, 0.29) is 0 Å². The Hall–Kier alpha value is -0.470. The molecule has 1 aromatic rings. The van der Waals surface area contributed by atoms with Gasteiger partial charge in [0.05, 0.1) is 12.7 Å². The van der Waals surface area contributed by atoms with E-state index in [1.165, 1.54) is 16.0 Å². The molecule has 0 saturated heterocycles. The van der Waals surface area contributed by atoms with Crippen molar-refractivity contribution < 1.29 is 4.74 Å².